The van der Waals surface area contributed by atoms with Crippen LogP contribution in [0.2, 0.25) is 0 Å². The number of amides is 1. The number of para-hydroxylation sites is 2. The lowest BCUT2D eigenvalue weighted by molar-refractivity contribution is -0.123. The van der Waals surface area contributed by atoms with Gasteiger partial charge in [-0.2, -0.15) is 0 Å². The van der Waals surface area contributed by atoms with Crippen molar-refractivity contribution in [2.24, 2.45) is 0 Å². The topological polar surface area (TPSA) is 56.8 Å². The van der Waals surface area contributed by atoms with Crippen LogP contribution in [0.15, 0.2) is 42.5 Å². The van der Waals surface area contributed by atoms with E-state index in [0.717, 1.165) is 16.9 Å². The number of ether oxygens (including phenoxy) is 3. The van der Waals surface area contributed by atoms with Crippen LogP contribution < -0.4 is 19.5 Å². The summed E-state index contributed by atoms with van der Waals surface area (Å²) < 4.78 is 16.3. The summed E-state index contributed by atoms with van der Waals surface area (Å²) in [7, 11) is 1.56. The minimum absolute atomic E-state index is 0.0655. The van der Waals surface area contributed by atoms with Crippen molar-refractivity contribution in [2.45, 2.75) is 13.8 Å². The Kier molecular flexibility index (Phi) is 6.49. The van der Waals surface area contributed by atoms with Crippen LogP contribution in [0, 0.1) is 13.8 Å². The molecule has 1 N–H and O–H groups in total. The Bertz CT molecular complexity index is 665. The zero-order valence-corrected chi connectivity index (χ0v) is 14.3. The molecule has 5 heteroatoms. The molecule has 0 aliphatic heterocycles. The van der Waals surface area contributed by atoms with Crippen LogP contribution in [0.5, 0.6) is 17.2 Å². The summed E-state index contributed by atoms with van der Waals surface area (Å²) in [6, 6.07) is 13.2. The highest BCUT2D eigenvalue weighted by molar-refractivity contribution is 5.77. The Labute approximate surface area is 142 Å². The summed E-state index contributed by atoms with van der Waals surface area (Å²) in [6.07, 6.45) is 0. The van der Waals surface area contributed by atoms with Crippen molar-refractivity contribution >= 4 is 5.91 Å². The van der Waals surface area contributed by atoms with Crippen LogP contribution in [0.4, 0.5) is 0 Å². The quantitative estimate of drug-likeness (QED) is 0.757. The maximum Gasteiger partial charge on any atom is 0.258 e. The molecule has 0 aliphatic rings. The van der Waals surface area contributed by atoms with Crippen LogP contribution in [-0.2, 0) is 4.79 Å². The van der Waals surface area contributed by atoms with Gasteiger partial charge < -0.3 is 19.5 Å². The molecular weight excluding hydrogens is 306 g/mol. The molecule has 0 atom stereocenters. The van der Waals surface area contributed by atoms with E-state index in [2.05, 4.69) is 11.4 Å². The second kappa shape index (κ2) is 8.82. The first-order chi connectivity index (χ1) is 11.6. The molecule has 0 spiro atoms. The molecule has 0 aliphatic carbocycles. The standard InChI is InChI=1S/C19H23NO4/c1-14-10-15(2)12-16(11-14)23-9-8-20-19(21)13-24-18-7-5-4-6-17(18)22-3/h4-7,10-12H,8-9,13H2,1-3H3,(H,20,21). The van der Waals surface area contributed by atoms with Crippen molar-refractivity contribution in [2.75, 3.05) is 26.9 Å². The number of carbonyl (C=O) groups is 1. The fourth-order valence-corrected chi connectivity index (χ4v) is 2.31. The van der Waals surface area contributed by atoms with Crippen LogP contribution in [0.25, 0.3) is 0 Å². The molecule has 0 bridgehead atoms. The number of benzene rings is 2. The summed E-state index contributed by atoms with van der Waals surface area (Å²) in [5, 5.41) is 2.76. The molecule has 0 radical (unpaired) electrons. The zero-order valence-electron chi connectivity index (χ0n) is 14.3. The molecule has 2 rings (SSSR count). The third-order valence-electron chi connectivity index (χ3n) is 3.32. The highest BCUT2D eigenvalue weighted by Gasteiger charge is 2.06. The van der Waals surface area contributed by atoms with Gasteiger partial charge >= 0.3 is 0 Å². The monoisotopic (exact) mass is 329 g/mol. The molecule has 5 nitrogen and oxygen atoms in total. The molecular formula is C19H23NO4. The van der Waals surface area contributed by atoms with Gasteiger partial charge in [0, 0.05) is 0 Å². The lowest BCUT2D eigenvalue weighted by Crippen LogP contribution is -2.32. The Hall–Kier alpha value is -2.69. The number of carbonyl (C=O) groups excluding carboxylic acids is 1. The van der Waals surface area contributed by atoms with E-state index in [4.69, 9.17) is 14.2 Å². The molecule has 0 saturated heterocycles. The average Bonchev–Trinajstić information content (AvgIpc) is 2.56. The molecule has 0 aromatic heterocycles. The van der Waals surface area contributed by atoms with Gasteiger partial charge in [-0.3, -0.25) is 4.79 Å². The summed E-state index contributed by atoms with van der Waals surface area (Å²) in [5.74, 6) is 1.75. The summed E-state index contributed by atoms with van der Waals surface area (Å²) in [6.45, 7) is 4.81. The van der Waals surface area contributed by atoms with Crippen LogP contribution in [-0.4, -0.2) is 32.8 Å². The summed E-state index contributed by atoms with van der Waals surface area (Å²) in [5.41, 5.74) is 2.30. The van der Waals surface area contributed by atoms with E-state index < -0.39 is 0 Å². The first-order valence-electron chi connectivity index (χ1n) is 7.82. The number of nitrogens with one attached hydrogen (secondary N) is 1. The number of aryl methyl sites for hydroxylation is 2. The van der Waals surface area contributed by atoms with Crippen molar-refractivity contribution in [1.29, 1.82) is 0 Å². The second-order valence-corrected chi connectivity index (χ2v) is 5.46. The molecule has 128 valence electrons. The van der Waals surface area contributed by atoms with E-state index in [-0.39, 0.29) is 12.5 Å². The van der Waals surface area contributed by atoms with E-state index in [1.807, 2.05) is 38.1 Å². The van der Waals surface area contributed by atoms with Gasteiger partial charge in [0.2, 0.25) is 0 Å². The fraction of sp³-hybridized carbons (Fsp3) is 0.316. The van der Waals surface area contributed by atoms with Gasteiger partial charge in [-0.1, -0.05) is 18.2 Å². The fourth-order valence-electron chi connectivity index (χ4n) is 2.31. The smallest absolute Gasteiger partial charge is 0.258 e. The van der Waals surface area contributed by atoms with E-state index in [1.54, 1.807) is 19.2 Å². The van der Waals surface area contributed by atoms with Crippen LogP contribution >= 0.6 is 0 Å². The van der Waals surface area contributed by atoms with Crippen LogP contribution in [0.3, 0.4) is 0 Å². The number of rotatable bonds is 8. The Morgan fingerprint density at radius 3 is 2.33 bits per heavy atom. The molecule has 0 saturated carbocycles. The average molecular weight is 329 g/mol. The molecule has 2 aromatic carbocycles. The summed E-state index contributed by atoms with van der Waals surface area (Å²) in [4.78, 5) is 11.8. The first kappa shape index (κ1) is 17.7. The van der Waals surface area contributed by atoms with E-state index >= 15 is 0 Å². The van der Waals surface area contributed by atoms with Crippen molar-refractivity contribution in [3.63, 3.8) is 0 Å². The van der Waals surface area contributed by atoms with E-state index in [0.29, 0.717) is 24.7 Å². The van der Waals surface area contributed by atoms with Gasteiger partial charge in [0.15, 0.2) is 18.1 Å². The van der Waals surface area contributed by atoms with Gasteiger partial charge in [0.05, 0.1) is 13.7 Å². The van der Waals surface area contributed by atoms with Crippen molar-refractivity contribution < 1.29 is 19.0 Å². The molecule has 24 heavy (non-hydrogen) atoms. The van der Waals surface area contributed by atoms with Crippen molar-refractivity contribution in [1.82, 2.24) is 5.32 Å². The first-order valence-corrected chi connectivity index (χ1v) is 7.82. The maximum atomic E-state index is 11.8. The van der Waals surface area contributed by atoms with Gasteiger partial charge in [0.1, 0.15) is 12.4 Å². The highest BCUT2D eigenvalue weighted by Crippen LogP contribution is 2.25. The third-order valence-corrected chi connectivity index (χ3v) is 3.32. The lowest BCUT2D eigenvalue weighted by Gasteiger charge is -2.11. The second-order valence-electron chi connectivity index (χ2n) is 5.46. The zero-order chi connectivity index (χ0) is 17.4. The van der Waals surface area contributed by atoms with E-state index in [1.165, 1.54) is 0 Å². The van der Waals surface area contributed by atoms with Crippen molar-refractivity contribution in [3.8, 4) is 17.2 Å². The molecule has 1 amide bonds. The van der Waals surface area contributed by atoms with Crippen molar-refractivity contribution in [3.05, 3.63) is 53.6 Å². The Balaban J connectivity index is 1.70. The number of hydrogen-bond acceptors (Lipinski definition) is 4. The highest BCUT2D eigenvalue weighted by atomic mass is 16.5. The predicted octanol–water partition coefficient (Wildman–Crippen LogP) is 2.89. The summed E-state index contributed by atoms with van der Waals surface area (Å²) >= 11 is 0. The van der Waals surface area contributed by atoms with Gasteiger partial charge in [0.25, 0.3) is 5.91 Å². The number of methoxy groups -OCH3 is 1. The van der Waals surface area contributed by atoms with Gasteiger partial charge in [-0.25, -0.2) is 0 Å². The normalized spacial score (nSPS) is 10.1. The third kappa shape index (κ3) is 5.50. The SMILES string of the molecule is COc1ccccc1OCC(=O)NCCOc1cc(C)cc(C)c1. The van der Waals surface area contributed by atoms with Gasteiger partial charge in [-0.15, -0.1) is 0 Å². The molecule has 0 unspecified atom stereocenters. The minimum atomic E-state index is -0.204. The van der Waals surface area contributed by atoms with Gasteiger partial charge in [-0.05, 0) is 49.2 Å². The predicted molar refractivity (Wildman–Crippen MR) is 92.9 cm³/mol. The molecule has 2 aromatic rings. The Morgan fingerprint density at radius 1 is 1.00 bits per heavy atom. The Morgan fingerprint density at radius 2 is 1.67 bits per heavy atom. The lowest BCUT2D eigenvalue weighted by atomic mass is 10.1. The molecule has 0 heterocycles. The minimum Gasteiger partial charge on any atom is -0.493 e. The largest absolute Gasteiger partial charge is 0.493 e. The molecule has 0 fully saturated rings. The van der Waals surface area contributed by atoms with E-state index in [9.17, 15) is 4.79 Å². The van der Waals surface area contributed by atoms with Crippen LogP contribution in [0.1, 0.15) is 11.1 Å². The maximum absolute atomic E-state index is 11.8. The number of hydrogen-bond donors (Lipinski definition) is 1.